The van der Waals surface area contributed by atoms with Gasteiger partial charge in [-0.1, -0.05) is 13.8 Å². The number of nitrogens with zero attached hydrogens (tertiary/aromatic N) is 2. The van der Waals surface area contributed by atoms with E-state index >= 15 is 0 Å². The molecule has 0 radical (unpaired) electrons. The Hall–Kier alpha value is -1.73. The van der Waals surface area contributed by atoms with Gasteiger partial charge in [0.05, 0.1) is 5.56 Å². The number of thiophene rings is 1. The number of aromatic nitrogens is 1. The number of carbonyl (C=O) groups excluding carboxylic acids is 2. The van der Waals surface area contributed by atoms with E-state index in [1.165, 1.54) is 10.4 Å². The largest absolute Gasteiger partial charge is 0.349 e. The molecule has 2 amide bonds. The zero-order valence-electron chi connectivity index (χ0n) is 17.1. The molecule has 0 saturated carbocycles. The summed E-state index contributed by atoms with van der Waals surface area (Å²) in [4.78, 5) is 28.9. The summed E-state index contributed by atoms with van der Waals surface area (Å²) in [5.41, 5.74) is 2.10. The molecule has 1 N–H and O–H groups in total. The van der Waals surface area contributed by atoms with Crippen molar-refractivity contribution in [2.24, 2.45) is 5.92 Å². The van der Waals surface area contributed by atoms with Crippen molar-refractivity contribution in [3.63, 3.8) is 0 Å². The smallest absolute Gasteiger partial charge is 0.254 e. The number of amides is 2. The third kappa shape index (κ3) is 4.56. The molecule has 7 heteroatoms. The molecule has 5 nitrogen and oxygen atoms in total. The molecular weight excluding hydrogens is 402 g/mol. The minimum Gasteiger partial charge on any atom is -0.349 e. The highest BCUT2D eigenvalue weighted by Crippen LogP contribution is 2.38. The van der Waals surface area contributed by atoms with Crippen molar-refractivity contribution in [1.82, 2.24) is 14.8 Å². The van der Waals surface area contributed by atoms with Gasteiger partial charge in [-0.15, -0.1) is 11.3 Å². The molecule has 0 spiro atoms. The first kappa shape index (κ1) is 20.5. The van der Waals surface area contributed by atoms with E-state index in [4.69, 9.17) is 0 Å². The van der Waals surface area contributed by atoms with Gasteiger partial charge in [-0.2, -0.15) is 11.8 Å². The van der Waals surface area contributed by atoms with E-state index in [0.717, 1.165) is 54.4 Å². The fourth-order valence-corrected chi connectivity index (χ4v) is 6.56. The Morgan fingerprint density at radius 3 is 2.62 bits per heavy atom. The van der Waals surface area contributed by atoms with Gasteiger partial charge in [-0.25, -0.2) is 0 Å². The SMILES string of the molecule is CC(C)CC(=O)N1CCC(NC(=O)c2c(-n3cccc3)sc3c2CCSC3)CC1. The zero-order chi connectivity index (χ0) is 20.4. The number of likely N-dealkylation sites (tertiary alicyclic amines) is 1. The molecule has 0 aromatic carbocycles. The van der Waals surface area contributed by atoms with Crippen LogP contribution in [0.4, 0.5) is 0 Å². The number of fused-ring (bicyclic) bond motifs is 1. The monoisotopic (exact) mass is 431 g/mol. The van der Waals surface area contributed by atoms with Crippen LogP contribution in [0.25, 0.3) is 5.00 Å². The number of hydrogen-bond acceptors (Lipinski definition) is 4. The predicted octanol–water partition coefficient (Wildman–Crippen LogP) is 4.10. The van der Waals surface area contributed by atoms with Crippen molar-refractivity contribution in [2.75, 3.05) is 18.8 Å². The maximum atomic E-state index is 13.3. The van der Waals surface area contributed by atoms with Crippen LogP contribution in [-0.2, 0) is 17.0 Å². The van der Waals surface area contributed by atoms with Gasteiger partial charge in [-0.05, 0) is 48.6 Å². The predicted molar refractivity (Wildman–Crippen MR) is 120 cm³/mol. The van der Waals surface area contributed by atoms with Crippen molar-refractivity contribution in [2.45, 2.75) is 51.3 Å². The molecule has 0 atom stereocenters. The van der Waals surface area contributed by atoms with Crippen LogP contribution >= 0.6 is 23.1 Å². The molecule has 2 aliphatic heterocycles. The average Bonchev–Trinajstić information content (AvgIpc) is 3.35. The van der Waals surface area contributed by atoms with Crippen molar-refractivity contribution in [3.8, 4) is 5.00 Å². The lowest BCUT2D eigenvalue weighted by Gasteiger charge is -2.33. The van der Waals surface area contributed by atoms with Gasteiger partial charge in [0.25, 0.3) is 5.91 Å². The van der Waals surface area contributed by atoms with Crippen molar-refractivity contribution in [1.29, 1.82) is 0 Å². The fourth-order valence-electron chi connectivity index (χ4n) is 4.11. The number of thioether (sulfide) groups is 1. The van der Waals surface area contributed by atoms with Crippen LogP contribution in [0.5, 0.6) is 0 Å². The van der Waals surface area contributed by atoms with Crippen LogP contribution in [0.15, 0.2) is 24.5 Å². The van der Waals surface area contributed by atoms with Gasteiger partial charge < -0.3 is 14.8 Å². The van der Waals surface area contributed by atoms with Gasteiger partial charge in [-0.3, -0.25) is 9.59 Å². The second-order valence-electron chi connectivity index (χ2n) is 8.30. The van der Waals surface area contributed by atoms with Crippen LogP contribution in [0.2, 0.25) is 0 Å². The molecule has 156 valence electrons. The Morgan fingerprint density at radius 1 is 1.21 bits per heavy atom. The van der Waals surface area contributed by atoms with Gasteiger partial charge >= 0.3 is 0 Å². The van der Waals surface area contributed by atoms with Crippen molar-refractivity contribution >= 4 is 34.9 Å². The summed E-state index contributed by atoms with van der Waals surface area (Å²) >= 11 is 3.69. The summed E-state index contributed by atoms with van der Waals surface area (Å²) < 4.78 is 2.07. The molecule has 0 aliphatic carbocycles. The summed E-state index contributed by atoms with van der Waals surface area (Å²) in [6.45, 7) is 5.62. The first-order chi connectivity index (χ1) is 14.0. The van der Waals surface area contributed by atoms with E-state index in [1.807, 2.05) is 41.2 Å². The Balaban J connectivity index is 1.46. The minimum atomic E-state index is 0.0463. The van der Waals surface area contributed by atoms with E-state index in [0.29, 0.717) is 12.3 Å². The number of nitrogens with one attached hydrogen (secondary N) is 1. The van der Waals surface area contributed by atoms with Gasteiger partial charge in [0.1, 0.15) is 5.00 Å². The summed E-state index contributed by atoms with van der Waals surface area (Å²) in [6, 6.07) is 4.13. The Morgan fingerprint density at radius 2 is 1.93 bits per heavy atom. The third-order valence-corrected chi connectivity index (χ3v) is 8.05. The first-order valence-corrected chi connectivity index (χ1v) is 12.4. The molecule has 1 fully saturated rings. The zero-order valence-corrected chi connectivity index (χ0v) is 18.8. The molecule has 1 saturated heterocycles. The Kier molecular flexibility index (Phi) is 6.35. The summed E-state index contributed by atoms with van der Waals surface area (Å²) in [6.07, 6.45) is 7.26. The second kappa shape index (κ2) is 8.96. The highest BCUT2D eigenvalue weighted by Gasteiger charge is 2.29. The standard InChI is InChI=1S/C22H29N3O2S2/c1-15(2)13-19(26)24-10-5-16(6-11-24)23-21(27)20-17-7-12-28-14-18(17)29-22(20)25-8-3-4-9-25/h3-4,8-9,15-16H,5-7,10-14H2,1-2H3,(H,23,27). The molecule has 2 aromatic heterocycles. The lowest BCUT2D eigenvalue weighted by Crippen LogP contribution is -2.47. The number of carbonyl (C=O) groups is 2. The van der Waals surface area contributed by atoms with Crippen LogP contribution in [-0.4, -0.2) is 46.2 Å². The highest BCUT2D eigenvalue weighted by atomic mass is 32.2. The lowest BCUT2D eigenvalue weighted by molar-refractivity contribution is -0.133. The quantitative estimate of drug-likeness (QED) is 0.776. The highest BCUT2D eigenvalue weighted by molar-refractivity contribution is 7.98. The molecule has 4 heterocycles. The first-order valence-electron chi connectivity index (χ1n) is 10.5. The minimum absolute atomic E-state index is 0.0463. The molecule has 0 bridgehead atoms. The second-order valence-corrected chi connectivity index (χ2v) is 10.5. The van der Waals surface area contributed by atoms with E-state index in [-0.39, 0.29) is 17.9 Å². The molecular formula is C22H29N3O2S2. The van der Waals surface area contributed by atoms with Gasteiger partial charge in [0, 0.05) is 48.6 Å². The fraction of sp³-hybridized carbons (Fsp3) is 0.545. The van der Waals surface area contributed by atoms with Gasteiger partial charge in [0.15, 0.2) is 0 Å². The van der Waals surface area contributed by atoms with E-state index < -0.39 is 0 Å². The van der Waals surface area contributed by atoms with Gasteiger partial charge in [0.2, 0.25) is 5.91 Å². The summed E-state index contributed by atoms with van der Waals surface area (Å²) in [5.74, 6) is 2.74. The number of piperidine rings is 1. The van der Waals surface area contributed by atoms with Crippen LogP contribution in [0.3, 0.4) is 0 Å². The maximum Gasteiger partial charge on any atom is 0.254 e. The van der Waals surface area contributed by atoms with E-state index in [1.54, 1.807) is 11.3 Å². The Bertz CT molecular complexity index is 865. The van der Waals surface area contributed by atoms with Crippen molar-refractivity contribution in [3.05, 3.63) is 40.5 Å². The molecule has 2 aliphatic rings. The van der Waals surface area contributed by atoms with E-state index in [2.05, 4.69) is 23.7 Å². The molecule has 4 rings (SSSR count). The lowest BCUT2D eigenvalue weighted by atomic mass is 10.0. The van der Waals surface area contributed by atoms with Crippen LogP contribution in [0, 0.1) is 5.92 Å². The molecule has 0 unspecified atom stereocenters. The number of hydrogen-bond donors (Lipinski definition) is 1. The molecule has 2 aromatic rings. The topological polar surface area (TPSA) is 54.3 Å². The summed E-state index contributed by atoms with van der Waals surface area (Å²) in [5, 5.41) is 4.32. The molecule has 29 heavy (non-hydrogen) atoms. The number of rotatable bonds is 5. The van der Waals surface area contributed by atoms with Crippen LogP contribution < -0.4 is 5.32 Å². The average molecular weight is 432 g/mol. The van der Waals surface area contributed by atoms with Crippen LogP contribution in [0.1, 0.15) is 53.9 Å². The third-order valence-electron chi connectivity index (χ3n) is 5.63. The van der Waals surface area contributed by atoms with E-state index in [9.17, 15) is 9.59 Å². The maximum absolute atomic E-state index is 13.3. The Labute approximate surface area is 180 Å². The van der Waals surface area contributed by atoms with Crippen molar-refractivity contribution < 1.29 is 9.59 Å². The summed E-state index contributed by atoms with van der Waals surface area (Å²) in [7, 11) is 0. The normalized spacial score (nSPS) is 17.4.